The van der Waals surface area contributed by atoms with Crippen LogP contribution in [0.15, 0.2) is 6.07 Å². The van der Waals surface area contributed by atoms with E-state index >= 15 is 0 Å². The van der Waals surface area contributed by atoms with Crippen molar-refractivity contribution >= 4 is 5.97 Å². The smallest absolute Gasteiger partial charge is 0.339 e. The number of hydrogen-bond donors (Lipinski definition) is 2. The number of aryl methyl sites for hydroxylation is 1. The third kappa shape index (κ3) is 2.56. The quantitative estimate of drug-likeness (QED) is 0.798. The molecule has 0 amide bonds. The first-order valence-electron chi connectivity index (χ1n) is 5.65. The molecule has 0 fully saturated rings. The maximum absolute atomic E-state index is 11.5. The van der Waals surface area contributed by atoms with Gasteiger partial charge in [0, 0.05) is 11.1 Å². The van der Waals surface area contributed by atoms with Crippen LogP contribution in [-0.4, -0.2) is 29.9 Å². The molecule has 2 N–H and O–H groups in total. The highest BCUT2D eigenvalue weighted by molar-refractivity contribution is 5.78. The summed E-state index contributed by atoms with van der Waals surface area (Å²) in [5.74, 6) is -0.419. The highest BCUT2D eigenvalue weighted by Gasteiger charge is 2.26. The SMILES string of the molecule is CCOC(=O)C(O)c1c(C)cc(OC)c(C)c1O. The zero-order chi connectivity index (χ0) is 13.9. The molecule has 0 bridgehead atoms. The van der Waals surface area contributed by atoms with Gasteiger partial charge in [-0.3, -0.25) is 0 Å². The Morgan fingerprint density at radius 2 is 2.06 bits per heavy atom. The van der Waals surface area contributed by atoms with Gasteiger partial charge >= 0.3 is 5.97 Å². The molecule has 0 saturated heterocycles. The van der Waals surface area contributed by atoms with Crippen molar-refractivity contribution in [1.29, 1.82) is 0 Å². The molecule has 1 aromatic carbocycles. The average molecular weight is 254 g/mol. The van der Waals surface area contributed by atoms with Crippen LogP contribution in [0.5, 0.6) is 11.5 Å². The van der Waals surface area contributed by atoms with E-state index in [1.54, 1.807) is 26.8 Å². The Labute approximate surface area is 106 Å². The first-order chi connectivity index (χ1) is 8.43. The number of phenolic OH excluding ortho intramolecular Hbond substituents is 1. The number of aliphatic hydroxyl groups is 1. The molecule has 0 spiro atoms. The first kappa shape index (κ1) is 14.3. The molecule has 1 atom stereocenters. The summed E-state index contributed by atoms with van der Waals surface area (Å²) in [6, 6.07) is 1.66. The topological polar surface area (TPSA) is 76.0 Å². The lowest BCUT2D eigenvalue weighted by molar-refractivity contribution is -0.153. The number of phenols is 1. The summed E-state index contributed by atoms with van der Waals surface area (Å²) in [4.78, 5) is 11.5. The van der Waals surface area contributed by atoms with Gasteiger partial charge in [0.1, 0.15) is 11.5 Å². The second-order valence-electron chi connectivity index (χ2n) is 3.94. The number of esters is 1. The maximum Gasteiger partial charge on any atom is 0.339 e. The van der Waals surface area contributed by atoms with Gasteiger partial charge in [-0.05, 0) is 32.4 Å². The molecule has 0 aliphatic carbocycles. The number of methoxy groups -OCH3 is 1. The molecule has 18 heavy (non-hydrogen) atoms. The predicted molar refractivity (Wildman–Crippen MR) is 65.7 cm³/mol. The first-order valence-corrected chi connectivity index (χ1v) is 5.65. The Kier molecular flexibility index (Phi) is 4.55. The van der Waals surface area contributed by atoms with E-state index in [0.717, 1.165) is 0 Å². The van der Waals surface area contributed by atoms with Crippen LogP contribution in [0.2, 0.25) is 0 Å². The van der Waals surface area contributed by atoms with E-state index in [0.29, 0.717) is 16.9 Å². The minimum Gasteiger partial charge on any atom is -0.507 e. The molecule has 1 aromatic rings. The Balaban J connectivity index is 3.25. The van der Waals surface area contributed by atoms with Gasteiger partial charge in [0.05, 0.1) is 13.7 Å². The van der Waals surface area contributed by atoms with Gasteiger partial charge in [-0.2, -0.15) is 0 Å². The number of rotatable bonds is 4. The van der Waals surface area contributed by atoms with Gasteiger partial charge in [-0.15, -0.1) is 0 Å². The number of carbonyl (C=O) groups is 1. The van der Waals surface area contributed by atoms with Crippen LogP contribution in [0.25, 0.3) is 0 Å². The van der Waals surface area contributed by atoms with Crippen molar-refractivity contribution in [2.75, 3.05) is 13.7 Å². The monoisotopic (exact) mass is 254 g/mol. The van der Waals surface area contributed by atoms with Gasteiger partial charge in [0.15, 0.2) is 6.10 Å². The lowest BCUT2D eigenvalue weighted by Crippen LogP contribution is -2.17. The van der Waals surface area contributed by atoms with Crippen molar-refractivity contribution in [2.24, 2.45) is 0 Å². The Morgan fingerprint density at radius 3 is 2.56 bits per heavy atom. The third-order valence-electron chi connectivity index (χ3n) is 2.76. The average Bonchev–Trinajstić information content (AvgIpc) is 2.34. The third-order valence-corrected chi connectivity index (χ3v) is 2.76. The number of carbonyl (C=O) groups excluding carboxylic acids is 1. The summed E-state index contributed by atoms with van der Waals surface area (Å²) in [6.45, 7) is 5.15. The van der Waals surface area contributed by atoms with Gasteiger partial charge in [0.2, 0.25) is 0 Å². The summed E-state index contributed by atoms with van der Waals surface area (Å²) in [7, 11) is 1.49. The van der Waals surface area contributed by atoms with Gasteiger partial charge < -0.3 is 19.7 Å². The molecule has 0 radical (unpaired) electrons. The normalized spacial score (nSPS) is 12.1. The van der Waals surface area contributed by atoms with E-state index in [2.05, 4.69) is 0 Å². The Bertz CT molecular complexity index is 453. The second-order valence-corrected chi connectivity index (χ2v) is 3.94. The van der Waals surface area contributed by atoms with E-state index in [1.807, 2.05) is 0 Å². The summed E-state index contributed by atoms with van der Waals surface area (Å²) in [6.07, 6.45) is -1.49. The molecule has 1 rings (SSSR count). The van der Waals surface area contributed by atoms with E-state index in [-0.39, 0.29) is 17.9 Å². The van der Waals surface area contributed by atoms with Crippen LogP contribution in [0, 0.1) is 13.8 Å². The van der Waals surface area contributed by atoms with Crippen LogP contribution in [0.1, 0.15) is 29.7 Å². The molecular formula is C13H18O5. The largest absolute Gasteiger partial charge is 0.507 e. The minimum atomic E-state index is -1.49. The fourth-order valence-electron chi connectivity index (χ4n) is 1.78. The molecule has 1 unspecified atom stereocenters. The minimum absolute atomic E-state index is 0.146. The van der Waals surface area contributed by atoms with Gasteiger partial charge in [-0.1, -0.05) is 0 Å². The lowest BCUT2D eigenvalue weighted by atomic mass is 9.98. The zero-order valence-corrected chi connectivity index (χ0v) is 11.0. The molecule has 5 nitrogen and oxygen atoms in total. The Morgan fingerprint density at radius 1 is 1.44 bits per heavy atom. The standard InChI is InChI=1S/C13H18O5/c1-5-18-13(16)12(15)10-7(2)6-9(17-4)8(3)11(10)14/h6,12,14-15H,5H2,1-4H3. The van der Waals surface area contributed by atoms with E-state index in [9.17, 15) is 15.0 Å². The van der Waals surface area contributed by atoms with Crippen molar-refractivity contribution in [2.45, 2.75) is 26.9 Å². The van der Waals surface area contributed by atoms with Crippen molar-refractivity contribution in [3.63, 3.8) is 0 Å². The summed E-state index contributed by atoms with van der Waals surface area (Å²) in [5, 5.41) is 19.9. The van der Waals surface area contributed by atoms with E-state index in [1.165, 1.54) is 7.11 Å². The summed E-state index contributed by atoms with van der Waals surface area (Å²) >= 11 is 0. The van der Waals surface area contributed by atoms with Crippen LogP contribution in [0.4, 0.5) is 0 Å². The van der Waals surface area contributed by atoms with Crippen molar-refractivity contribution in [3.8, 4) is 11.5 Å². The van der Waals surface area contributed by atoms with Crippen LogP contribution >= 0.6 is 0 Å². The van der Waals surface area contributed by atoms with Gasteiger partial charge in [-0.25, -0.2) is 4.79 Å². The van der Waals surface area contributed by atoms with Gasteiger partial charge in [0.25, 0.3) is 0 Å². The Hall–Kier alpha value is -1.75. The molecule has 0 aliphatic rings. The fourth-order valence-corrected chi connectivity index (χ4v) is 1.78. The highest BCUT2D eigenvalue weighted by atomic mass is 16.5. The molecule has 0 aromatic heterocycles. The molecule has 0 saturated carbocycles. The number of aliphatic hydroxyl groups excluding tert-OH is 1. The predicted octanol–water partition coefficient (Wildman–Crippen LogP) is 1.61. The van der Waals surface area contributed by atoms with Crippen molar-refractivity contribution in [1.82, 2.24) is 0 Å². The van der Waals surface area contributed by atoms with Crippen LogP contribution in [0.3, 0.4) is 0 Å². The summed E-state index contributed by atoms with van der Waals surface area (Å²) in [5.41, 5.74) is 1.20. The number of benzene rings is 1. The van der Waals surface area contributed by atoms with E-state index < -0.39 is 12.1 Å². The van der Waals surface area contributed by atoms with Crippen molar-refractivity contribution < 1.29 is 24.5 Å². The fraction of sp³-hybridized carbons (Fsp3) is 0.462. The molecule has 0 heterocycles. The van der Waals surface area contributed by atoms with Crippen LogP contribution < -0.4 is 4.74 Å². The van der Waals surface area contributed by atoms with E-state index in [4.69, 9.17) is 9.47 Å². The lowest BCUT2D eigenvalue weighted by Gasteiger charge is -2.17. The second kappa shape index (κ2) is 5.73. The van der Waals surface area contributed by atoms with Crippen molar-refractivity contribution in [3.05, 3.63) is 22.8 Å². The number of hydrogen-bond acceptors (Lipinski definition) is 5. The number of ether oxygens (including phenoxy) is 2. The maximum atomic E-state index is 11.5. The molecule has 5 heteroatoms. The van der Waals surface area contributed by atoms with Crippen LogP contribution in [-0.2, 0) is 9.53 Å². The molecule has 0 aliphatic heterocycles. The molecular weight excluding hydrogens is 236 g/mol. The summed E-state index contributed by atoms with van der Waals surface area (Å²) < 4.78 is 9.82. The number of aromatic hydroxyl groups is 1. The highest BCUT2D eigenvalue weighted by Crippen LogP contribution is 2.37. The molecule has 100 valence electrons. The zero-order valence-electron chi connectivity index (χ0n) is 11.0.